The number of nitrogens with zero attached hydrogens (tertiary/aromatic N) is 2. The third-order valence-corrected chi connectivity index (χ3v) is 4.41. The van der Waals surface area contributed by atoms with Gasteiger partial charge in [-0.15, -0.1) is 0 Å². The number of ether oxygens (including phenoxy) is 1. The number of hydrogen-bond donors (Lipinski definition) is 1. The van der Waals surface area contributed by atoms with Gasteiger partial charge < -0.3 is 14.5 Å². The Kier molecular flexibility index (Phi) is 4.44. The zero-order valence-corrected chi connectivity index (χ0v) is 15.7. The number of hydrogen-bond acceptors (Lipinski definition) is 6. The lowest BCUT2D eigenvalue weighted by Gasteiger charge is -2.11. The smallest absolute Gasteiger partial charge is 0.349 e. The minimum absolute atomic E-state index is 0.0842. The number of anilines is 1. The van der Waals surface area contributed by atoms with Crippen molar-refractivity contribution in [3.63, 3.8) is 0 Å². The predicted octanol–water partition coefficient (Wildman–Crippen LogP) is 4.02. The van der Waals surface area contributed by atoms with Crippen molar-refractivity contribution in [2.24, 2.45) is 0 Å². The summed E-state index contributed by atoms with van der Waals surface area (Å²) in [6.45, 7) is 1.33. The number of nitrogens with one attached hydrogen (secondary N) is 1. The number of carbonyl (C=O) groups excluding carboxylic acids is 1. The van der Waals surface area contributed by atoms with E-state index in [2.05, 4.69) is 15.3 Å². The van der Waals surface area contributed by atoms with E-state index in [1.807, 2.05) is 0 Å². The Hall–Kier alpha value is -3.45. The number of methoxy groups -OCH3 is 1. The molecule has 0 saturated heterocycles. The molecule has 0 unspecified atom stereocenters. The van der Waals surface area contributed by atoms with Crippen LogP contribution in [0.4, 0.5) is 5.82 Å². The van der Waals surface area contributed by atoms with Crippen LogP contribution < -0.4 is 15.7 Å². The summed E-state index contributed by atoms with van der Waals surface area (Å²) in [5, 5.41) is 3.83. The first-order valence-corrected chi connectivity index (χ1v) is 8.71. The van der Waals surface area contributed by atoms with Crippen LogP contribution in [0, 0.1) is 0 Å². The van der Waals surface area contributed by atoms with Crippen molar-refractivity contribution in [1.29, 1.82) is 0 Å². The summed E-state index contributed by atoms with van der Waals surface area (Å²) in [7, 11) is 1.49. The van der Waals surface area contributed by atoms with Gasteiger partial charge >= 0.3 is 5.63 Å². The molecule has 0 saturated carbocycles. The minimum Gasteiger partial charge on any atom is -0.493 e. The number of rotatable bonds is 3. The molecular weight excluding hydrogens is 382 g/mol. The molecule has 28 heavy (non-hydrogen) atoms. The lowest BCUT2D eigenvalue weighted by atomic mass is 10.1. The summed E-state index contributed by atoms with van der Waals surface area (Å²) in [6.07, 6.45) is 0. The van der Waals surface area contributed by atoms with E-state index in [-0.39, 0.29) is 22.7 Å². The highest BCUT2D eigenvalue weighted by atomic mass is 35.5. The molecule has 140 valence electrons. The van der Waals surface area contributed by atoms with Gasteiger partial charge in [-0.2, -0.15) is 0 Å². The van der Waals surface area contributed by atoms with Gasteiger partial charge in [-0.1, -0.05) is 17.7 Å². The van der Waals surface area contributed by atoms with Gasteiger partial charge in [0.25, 0.3) is 0 Å². The van der Waals surface area contributed by atoms with E-state index in [9.17, 15) is 9.59 Å². The van der Waals surface area contributed by atoms with Gasteiger partial charge in [0.1, 0.15) is 5.39 Å². The fourth-order valence-electron chi connectivity index (χ4n) is 2.95. The highest BCUT2D eigenvalue weighted by Gasteiger charge is 2.19. The first kappa shape index (κ1) is 17.9. The number of amides is 1. The summed E-state index contributed by atoms with van der Waals surface area (Å²) in [5.41, 5.74) is 0.645. The average Bonchev–Trinajstić information content (AvgIpc) is 2.67. The van der Waals surface area contributed by atoms with Crippen molar-refractivity contribution in [2.45, 2.75) is 6.92 Å². The van der Waals surface area contributed by atoms with Gasteiger partial charge in [-0.3, -0.25) is 4.79 Å². The third kappa shape index (κ3) is 3.05. The molecule has 0 aliphatic rings. The van der Waals surface area contributed by atoms with Gasteiger partial charge in [0.2, 0.25) is 5.91 Å². The van der Waals surface area contributed by atoms with Crippen LogP contribution in [0.2, 0.25) is 5.02 Å². The number of aromatic nitrogens is 2. The quantitative estimate of drug-likeness (QED) is 0.416. The molecular formula is C20H14ClN3O4. The van der Waals surface area contributed by atoms with Crippen LogP contribution in [0.25, 0.3) is 33.3 Å². The van der Waals surface area contributed by atoms with Crippen molar-refractivity contribution in [1.82, 2.24) is 9.97 Å². The van der Waals surface area contributed by atoms with Gasteiger partial charge in [0.05, 0.1) is 12.6 Å². The maximum atomic E-state index is 12.7. The van der Waals surface area contributed by atoms with E-state index in [0.29, 0.717) is 33.1 Å². The summed E-state index contributed by atoms with van der Waals surface area (Å²) < 4.78 is 10.7. The lowest BCUT2D eigenvalue weighted by Crippen LogP contribution is -2.13. The van der Waals surface area contributed by atoms with Crippen LogP contribution in [0.15, 0.2) is 51.7 Å². The Balaban J connectivity index is 2.13. The first-order valence-electron chi connectivity index (χ1n) is 8.33. The van der Waals surface area contributed by atoms with Gasteiger partial charge in [-0.05, 0) is 36.4 Å². The Labute approximate surface area is 163 Å². The number of para-hydroxylation sites is 1. The van der Waals surface area contributed by atoms with Crippen LogP contribution in [0.3, 0.4) is 0 Å². The van der Waals surface area contributed by atoms with Gasteiger partial charge in [-0.25, -0.2) is 14.8 Å². The van der Waals surface area contributed by atoms with Crippen LogP contribution in [0.1, 0.15) is 6.92 Å². The molecule has 1 amide bonds. The molecule has 2 aromatic carbocycles. The fourth-order valence-corrected chi connectivity index (χ4v) is 3.07. The number of fused-ring (bicyclic) bond motifs is 3. The molecule has 8 heteroatoms. The summed E-state index contributed by atoms with van der Waals surface area (Å²) in [4.78, 5) is 33.3. The zero-order chi connectivity index (χ0) is 19.8. The topological polar surface area (TPSA) is 94.3 Å². The maximum absolute atomic E-state index is 12.7. The van der Waals surface area contributed by atoms with E-state index < -0.39 is 5.63 Å². The SMILES string of the molecule is COc1cccc2c1oc(=O)c1c(NC(C)=O)nc(-c3ccc(Cl)cc3)nc12. The largest absolute Gasteiger partial charge is 0.493 e. The number of benzene rings is 2. The second-order valence-electron chi connectivity index (χ2n) is 6.03. The summed E-state index contributed by atoms with van der Waals surface area (Å²) in [6, 6.07) is 12.2. The van der Waals surface area contributed by atoms with Crippen LogP contribution in [0.5, 0.6) is 5.75 Å². The highest BCUT2D eigenvalue weighted by molar-refractivity contribution is 6.30. The molecule has 0 atom stereocenters. The molecule has 0 radical (unpaired) electrons. The Morgan fingerprint density at radius 3 is 2.57 bits per heavy atom. The molecule has 0 aliphatic carbocycles. The predicted molar refractivity (Wildman–Crippen MR) is 107 cm³/mol. The monoisotopic (exact) mass is 395 g/mol. The molecule has 0 fully saturated rings. The van der Waals surface area contributed by atoms with Gasteiger partial charge in [0.15, 0.2) is 23.0 Å². The van der Waals surface area contributed by atoms with Crippen molar-refractivity contribution in [3.05, 3.63) is 57.9 Å². The molecule has 2 heterocycles. The van der Waals surface area contributed by atoms with Crippen molar-refractivity contribution in [2.75, 3.05) is 12.4 Å². The van der Waals surface area contributed by atoms with Crippen LogP contribution in [-0.2, 0) is 4.79 Å². The second-order valence-corrected chi connectivity index (χ2v) is 6.47. The normalized spacial score (nSPS) is 11.0. The lowest BCUT2D eigenvalue weighted by molar-refractivity contribution is -0.114. The van der Waals surface area contributed by atoms with E-state index in [4.69, 9.17) is 20.8 Å². The van der Waals surface area contributed by atoms with Gasteiger partial charge in [0, 0.05) is 22.9 Å². The molecule has 1 N–H and O–H groups in total. The molecule has 0 aliphatic heterocycles. The Bertz CT molecular complexity index is 1280. The number of halogens is 1. The van der Waals surface area contributed by atoms with E-state index in [1.54, 1.807) is 42.5 Å². The fraction of sp³-hybridized carbons (Fsp3) is 0.100. The number of carbonyl (C=O) groups is 1. The van der Waals surface area contributed by atoms with Crippen molar-refractivity contribution in [3.8, 4) is 17.1 Å². The second kappa shape index (κ2) is 6.94. The molecule has 0 bridgehead atoms. The minimum atomic E-state index is -0.668. The molecule has 4 aromatic rings. The summed E-state index contributed by atoms with van der Waals surface area (Å²) >= 11 is 5.96. The molecule has 4 rings (SSSR count). The maximum Gasteiger partial charge on any atom is 0.349 e. The third-order valence-electron chi connectivity index (χ3n) is 4.16. The van der Waals surface area contributed by atoms with E-state index in [0.717, 1.165) is 0 Å². The van der Waals surface area contributed by atoms with E-state index >= 15 is 0 Å². The molecule has 7 nitrogen and oxygen atoms in total. The first-order chi connectivity index (χ1) is 13.5. The standard InChI is InChI=1S/C20H14ClN3O4/c1-10(25)22-19-15-16(23-18(24-19)11-6-8-12(21)9-7-11)13-4-3-5-14(27-2)17(13)28-20(15)26/h3-9H,1-2H3,(H,22,23,24,25). The van der Waals surface area contributed by atoms with Crippen LogP contribution in [-0.4, -0.2) is 23.0 Å². The Morgan fingerprint density at radius 2 is 1.89 bits per heavy atom. The van der Waals surface area contributed by atoms with Crippen molar-refractivity contribution < 1.29 is 13.9 Å². The van der Waals surface area contributed by atoms with Crippen LogP contribution >= 0.6 is 11.6 Å². The van der Waals surface area contributed by atoms with E-state index in [1.165, 1.54) is 14.0 Å². The van der Waals surface area contributed by atoms with Crippen molar-refractivity contribution >= 4 is 45.2 Å². The zero-order valence-electron chi connectivity index (χ0n) is 14.9. The summed E-state index contributed by atoms with van der Waals surface area (Å²) in [5.74, 6) is 0.458. The highest BCUT2D eigenvalue weighted by Crippen LogP contribution is 2.32. The average molecular weight is 396 g/mol. The Morgan fingerprint density at radius 1 is 1.14 bits per heavy atom. The molecule has 2 aromatic heterocycles. The molecule has 0 spiro atoms.